The Bertz CT molecular complexity index is 1100. The lowest BCUT2D eigenvalue weighted by Crippen LogP contribution is -2.32. The van der Waals surface area contributed by atoms with E-state index in [4.69, 9.17) is 9.16 Å². The maximum atomic E-state index is 13.2. The molecule has 1 aliphatic heterocycles. The second kappa shape index (κ2) is 8.49. The molecule has 0 saturated heterocycles. The zero-order valence-electron chi connectivity index (χ0n) is 19.4. The van der Waals surface area contributed by atoms with Crippen LogP contribution >= 0.6 is 0 Å². The summed E-state index contributed by atoms with van der Waals surface area (Å²) >= 11 is 0. The molecule has 0 saturated carbocycles. The number of nitriles is 1. The minimum absolute atomic E-state index is 0.0801. The summed E-state index contributed by atoms with van der Waals surface area (Å²) in [5, 5.41) is 9.33. The van der Waals surface area contributed by atoms with Crippen molar-refractivity contribution in [3.63, 3.8) is 0 Å². The van der Waals surface area contributed by atoms with Gasteiger partial charge in [-0.2, -0.15) is 5.26 Å². The minimum atomic E-state index is -0.925. The second-order valence-corrected chi connectivity index (χ2v) is 12.1. The highest BCUT2D eigenvalue weighted by Crippen LogP contribution is 2.37. The molecule has 2 heterocycles. The van der Waals surface area contributed by atoms with E-state index in [2.05, 4.69) is 39.9 Å². The first kappa shape index (κ1) is 23.0. The van der Waals surface area contributed by atoms with Crippen LogP contribution in [0.25, 0.3) is 5.70 Å². The van der Waals surface area contributed by atoms with Gasteiger partial charge in [0, 0.05) is 17.8 Å². The summed E-state index contributed by atoms with van der Waals surface area (Å²) in [6.45, 7) is 14.7. The molecule has 1 atom stereocenters. The minimum Gasteiger partial charge on any atom is -0.483 e. The highest BCUT2D eigenvalue weighted by Gasteiger charge is 2.29. The number of hydrogen-bond donors (Lipinski definition) is 0. The third kappa shape index (κ3) is 5.55. The smallest absolute Gasteiger partial charge is 0.255 e. The number of rotatable bonds is 5. The quantitative estimate of drug-likeness (QED) is 0.580. The van der Waals surface area contributed by atoms with Crippen LogP contribution in [0.3, 0.4) is 0 Å². The van der Waals surface area contributed by atoms with Crippen LogP contribution in [0.4, 0.5) is 0 Å². The van der Waals surface area contributed by atoms with Crippen LogP contribution in [0, 0.1) is 16.7 Å². The van der Waals surface area contributed by atoms with Gasteiger partial charge in [0.2, 0.25) is 9.04 Å². The molecular weight excluding hydrogens is 404 g/mol. The molecule has 1 radical (unpaired) electrons. The molecule has 1 aromatic heterocycles. The van der Waals surface area contributed by atoms with Crippen molar-refractivity contribution < 1.29 is 9.16 Å². The van der Waals surface area contributed by atoms with Crippen molar-refractivity contribution in [2.75, 3.05) is 0 Å². The Kier molecular flexibility index (Phi) is 6.31. The van der Waals surface area contributed by atoms with Crippen LogP contribution < -0.4 is 10.3 Å². The van der Waals surface area contributed by atoms with Crippen LogP contribution in [0.5, 0.6) is 5.75 Å². The molecule has 1 aromatic carbocycles. The van der Waals surface area contributed by atoms with Gasteiger partial charge in [-0.1, -0.05) is 20.8 Å². The number of aromatic nitrogens is 1. The monoisotopic (exact) mass is 435 g/mol. The van der Waals surface area contributed by atoms with Gasteiger partial charge in [-0.3, -0.25) is 9.36 Å². The molecule has 1 aliphatic rings. The Morgan fingerprint density at radius 1 is 1.23 bits per heavy atom. The lowest BCUT2D eigenvalue weighted by atomic mass is 9.87. The molecule has 0 bridgehead atoms. The molecule has 0 amide bonds. The largest absolute Gasteiger partial charge is 0.483 e. The van der Waals surface area contributed by atoms with E-state index >= 15 is 0 Å². The van der Waals surface area contributed by atoms with Gasteiger partial charge in [-0.15, -0.1) is 0 Å². The molecule has 31 heavy (non-hydrogen) atoms. The van der Waals surface area contributed by atoms with Crippen molar-refractivity contribution in [2.45, 2.75) is 65.8 Å². The van der Waals surface area contributed by atoms with E-state index in [1.54, 1.807) is 28.8 Å². The zero-order valence-corrected chi connectivity index (χ0v) is 20.4. The summed E-state index contributed by atoms with van der Waals surface area (Å²) in [4.78, 5) is 13.2. The molecule has 0 fully saturated rings. The molecule has 6 heteroatoms. The lowest BCUT2D eigenvalue weighted by molar-refractivity contribution is 0.146. The van der Waals surface area contributed by atoms with Gasteiger partial charge >= 0.3 is 0 Å². The summed E-state index contributed by atoms with van der Waals surface area (Å²) in [7, 11) is -0.925. The first-order valence-corrected chi connectivity index (χ1v) is 13.0. The van der Waals surface area contributed by atoms with Crippen molar-refractivity contribution in [3.8, 4) is 11.8 Å². The van der Waals surface area contributed by atoms with E-state index in [0.29, 0.717) is 11.3 Å². The van der Waals surface area contributed by atoms with E-state index in [0.717, 1.165) is 23.2 Å². The number of benzene rings is 1. The highest BCUT2D eigenvalue weighted by atomic mass is 28.3. The molecular formula is C25H31N2O3Si. The van der Waals surface area contributed by atoms with E-state index in [1.807, 2.05) is 32.2 Å². The first-order valence-electron chi connectivity index (χ1n) is 10.5. The third-order valence-corrected chi connectivity index (χ3v) is 5.75. The fourth-order valence-electron chi connectivity index (χ4n) is 3.77. The average molecular weight is 436 g/mol. The lowest BCUT2D eigenvalue weighted by Gasteiger charge is -2.32. The van der Waals surface area contributed by atoms with Gasteiger partial charge in [-0.05, 0) is 74.7 Å². The fourth-order valence-corrected chi connectivity index (χ4v) is 4.56. The molecule has 0 spiro atoms. The topological polar surface area (TPSA) is 64.2 Å². The second-order valence-electron chi connectivity index (χ2n) is 10.0. The summed E-state index contributed by atoms with van der Waals surface area (Å²) in [6.07, 6.45) is 4.47. The normalized spacial score (nSPS) is 16.2. The number of ether oxygens (including phenoxy) is 1. The van der Waals surface area contributed by atoms with Crippen molar-refractivity contribution >= 4 is 14.7 Å². The van der Waals surface area contributed by atoms with Crippen LogP contribution in [0.15, 0.2) is 47.4 Å². The molecule has 2 aromatic rings. The molecule has 3 rings (SSSR count). The van der Waals surface area contributed by atoms with Crippen LogP contribution in [-0.4, -0.2) is 19.2 Å². The fraction of sp³-hybridized carbons (Fsp3) is 0.440. The number of hydrogen-bond acceptors (Lipinski definition) is 4. The van der Waals surface area contributed by atoms with E-state index in [9.17, 15) is 10.1 Å². The molecule has 0 aliphatic carbocycles. The van der Waals surface area contributed by atoms with Gasteiger partial charge < -0.3 is 9.16 Å². The summed E-state index contributed by atoms with van der Waals surface area (Å²) in [5.41, 5.74) is 2.27. The molecule has 5 nitrogen and oxygen atoms in total. The van der Waals surface area contributed by atoms with Gasteiger partial charge in [0.25, 0.3) is 5.56 Å². The first-order chi connectivity index (χ1) is 14.4. The Balaban J connectivity index is 2.07. The summed E-state index contributed by atoms with van der Waals surface area (Å²) in [5.74, 6) is 0.663. The number of pyridine rings is 1. The Morgan fingerprint density at radius 3 is 2.52 bits per heavy atom. The van der Waals surface area contributed by atoms with Gasteiger partial charge in [0.1, 0.15) is 11.4 Å². The Hall–Kier alpha value is -2.62. The van der Waals surface area contributed by atoms with Crippen molar-refractivity contribution in [1.29, 1.82) is 5.26 Å². The van der Waals surface area contributed by atoms with Crippen LogP contribution in [0.1, 0.15) is 63.8 Å². The highest BCUT2D eigenvalue weighted by molar-refractivity contribution is 6.48. The zero-order chi connectivity index (χ0) is 23.0. The standard InChI is InChI=1S/C25H31N2O3Si/c1-24(2,3)15-22(30-31(6)7)18-10-11-27(23(28)13-18)20-14-25(4,5)29-21-9-8-17(16-26)12-19(20)21/h8-14,22H,15H2,1-7H3. The summed E-state index contributed by atoms with van der Waals surface area (Å²) in [6, 6.07) is 11.1. The average Bonchev–Trinajstić information content (AvgIpc) is 2.64. The van der Waals surface area contributed by atoms with E-state index in [-0.39, 0.29) is 17.1 Å². The maximum Gasteiger partial charge on any atom is 0.255 e. The Labute approximate surface area is 186 Å². The van der Waals surface area contributed by atoms with E-state index < -0.39 is 14.6 Å². The molecule has 163 valence electrons. The van der Waals surface area contributed by atoms with Gasteiger partial charge in [0.15, 0.2) is 0 Å². The van der Waals surface area contributed by atoms with Crippen molar-refractivity contribution in [2.24, 2.45) is 5.41 Å². The predicted molar refractivity (Wildman–Crippen MR) is 125 cm³/mol. The van der Waals surface area contributed by atoms with Crippen molar-refractivity contribution in [3.05, 3.63) is 69.6 Å². The predicted octanol–water partition coefficient (Wildman–Crippen LogP) is 5.53. The SMILES string of the molecule is C[Si](C)OC(CC(C)(C)C)c1ccn(C2=CC(C)(C)Oc3ccc(C#N)cc32)c(=O)c1. The van der Waals surface area contributed by atoms with Gasteiger partial charge in [0.05, 0.1) is 23.4 Å². The maximum absolute atomic E-state index is 13.2. The van der Waals surface area contributed by atoms with Crippen LogP contribution in [0.2, 0.25) is 13.1 Å². The summed E-state index contributed by atoms with van der Waals surface area (Å²) < 4.78 is 13.9. The number of nitrogens with zero attached hydrogens (tertiary/aromatic N) is 2. The number of fused-ring (bicyclic) bond motifs is 1. The van der Waals surface area contributed by atoms with Crippen LogP contribution in [-0.2, 0) is 4.43 Å². The molecule has 1 unspecified atom stereocenters. The molecule has 0 N–H and O–H groups in total. The van der Waals surface area contributed by atoms with Gasteiger partial charge in [-0.25, -0.2) is 0 Å². The van der Waals surface area contributed by atoms with Crippen molar-refractivity contribution in [1.82, 2.24) is 4.57 Å². The van der Waals surface area contributed by atoms with E-state index in [1.165, 1.54) is 0 Å². The third-order valence-electron chi connectivity index (χ3n) is 4.99. The Morgan fingerprint density at radius 2 is 1.94 bits per heavy atom.